The number of hydrogen-bond donors (Lipinski definition) is 3. The summed E-state index contributed by atoms with van der Waals surface area (Å²) in [4.78, 5) is 45.6. The van der Waals surface area contributed by atoms with Gasteiger partial charge in [0.25, 0.3) is 0 Å². The van der Waals surface area contributed by atoms with E-state index in [-0.39, 0.29) is 43.2 Å². The summed E-state index contributed by atoms with van der Waals surface area (Å²) in [5.74, 6) is -1.42. The van der Waals surface area contributed by atoms with E-state index in [4.69, 9.17) is 9.84 Å². The molecule has 3 aromatic rings. The summed E-state index contributed by atoms with van der Waals surface area (Å²) in [6.45, 7) is 5.02. The lowest BCUT2D eigenvalue weighted by Crippen LogP contribution is -2.50. The molecule has 13 heteroatoms. The molecule has 4 atom stereocenters. The van der Waals surface area contributed by atoms with E-state index in [1.54, 1.807) is 22.2 Å². The van der Waals surface area contributed by atoms with Crippen molar-refractivity contribution in [1.29, 1.82) is 0 Å². The molecule has 1 aromatic carbocycles. The van der Waals surface area contributed by atoms with E-state index in [9.17, 15) is 19.5 Å². The number of aliphatic carboxylic acids is 1. The van der Waals surface area contributed by atoms with Gasteiger partial charge in [0, 0.05) is 38.8 Å². The van der Waals surface area contributed by atoms with Crippen molar-refractivity contribution < 1.29 is 29.3 Å². The van der Waals surface area contributed by atoms with Crippen LogP contribution in [0.15, 0.2) is 36.0 Å². The number of rotatable bonds is 13. The minimum atomic E-state index is -0.811. The Bertz CT molecular complexity index is 1450. The molecule has 3 N–H and O–H groups in total. The van der Waals surface area contributed by atoms with E-state index in [0.717, 1.165) is 40.2 Å². The molecule has 0 radical (unpaired) electrons. The highest BCUT2D eigenvalue weighted by atomic mass is 32.1. The van der Waals surface area contributed by atoms with Crippen LogP contribution < -0.4 is 5.32 Å². The van der Waals surface area contributed by atoms with Gasteiger partial charge in [0.1, 0.15) is 12.1 Å². The highest BCUT2D eigenvalue weighted by Gasteiger charge is 2.44. The van der Waals surface area contributed by atoms with Gasteiger partial charge in [-0.05, 0) is 63.0 Å². The summed E-state index contributed by atoms with van der Waals surface area (Å²) >= 11 is 1.59. The number of unbranched alkanes of at least 4 members (excludes halogenated alkanes) is 2. The molecule has 2 fully saturated rings. The number of aliphatic hydroxyl groups is 1. The largest absolute Gasteiger partial charge is 0.481 e. The van der Waals surface area contributed by atoms with Crippen LogP contribution in [0.1, 0.15) is 80.9 Å². The number of nitrogens with zero attached hydrogens (tertiary/aromatic N) is 5. The van der Waals surface area contributed by atoms with Crippen molar-refractivity contribution in [2.45, 2.75) is 89.4 Å². The number of carboxylic acid groups (broad SMARTS) is 1. The predicted octanol–water partition coefficient (Wildman–Crippen LogP) is 3.70. The van der Waals surface area contributed by atoms with Gasteiger partial charge < -0.3 is 25.2 Å². The van der Waals surface area contributed by atoms with Gasteiger partial charge in [0.2, 0.25) is 11.8 Å². The molecule has 4 heterocycles. The van der Waals surface area contributed by atoms with Gasteiger partial charge in [-0.2, -0.15) is 0 Å². The van der Waals surface area contributed by atoms with E-state index < -0.39 is 24.2 Å². The van der Waals surface area contributed by atoms with E-state index in [2.05, 4.69) is 20.6 Å². The molecule has 2 aliphatic rings. The smallest absolute Gasteiger partial charge is 0.303 e. The maximum atomic E-state index is 14.3. The number of likely N-dealkylation sites (tertiary alicyclic amines) is 1. The number of ether oxygens (including phenoxy) is 1. The topological polar surface area (TPSA) is 160 Å². The van der Waals surface area contributed by atoms with Crippen molar-refractivity contribution in [3.05, 3.63) is 52.9 Å². The normalized spacial score (nSPS) is 20.2. The Morgan fingerprint density at radius 2 is 1.89 bits per heavy atom. The van der Waals surface area contributed by atoms with Crippen molar-refractivity contribution in [3.63, 3.8) is 0 Å². The Kier molecular flexibility index (Phi) is 11.0. The first-order valence-corrected chi connectivity index (χ1v) is 16.6. The monoisotopic (exact) mass is 638 g/mol. The predicted molar refractivity (Wildman–Crippen MR) is 167 cm³/mol. The lowest BCUT2D eigenvalue weighted by Gasteiger charge is -2.34. The van der Waals surface area contributed by atoms with Gasteiger partial charge in [-0.25, -0.2) is 9.67 Å². The first-order chi connectivity index (χ1) is 21.7. The maximum Gasteiger partial charge on any atom is 0.303 e. The Morgan fingerprint density at radius 3 is 2.58 bits per heavy atom. The molecule has 5 rings (SSSR count). The average Bonchev–Trinajstić information content (AvgIpc) is 3.77. The number of carboxylic acids is 1. The van der Waals surface area contributed by atoms with Crippen molar-refractivity contribution in [2.75, 3.05) is 19.8 Å². The third-order valence-corrected chi connectivity index (χ3v) is 9.75. The van der Waals surface area contributed by atoms with E-state index >= 15 is 0 Å². The van der Waals surface area contributed by atoms with Crippen LogP contribution in [-0.4, -0.2) is 84.8 Å². The van der Waals surface area contributed by atoms with Crippen LogP contribution in [-0.2, 0) is 25.5 Å². The van der Waals surface area contributed by atoms with Crippen LogP contribution in [0.5, 0.6) is 0 Å². The molecule has 0 saturated carbocycles. The molecule has 2 aliphatic heterocycles. The van der Waals surface area contributed by atoms with Gasteiger partial charge >= 0.3 is 5.97 Å². The number of aromatic nitrogens is 4. The summed E-state index contributed by atoms with van der Waals surface area (Å²) in [6, 6.07) is 6.23. The molecular weight excluding hydrogens is 596 g/mol. The van der Waals surface area contributed by atoms with E-state index in [0.29, 0.717) is 38.9 Å². The number of aryl methyl sites for hydroxylation is 2. The summed E-state index contributed by atoms with van der Waals surface area (Å²) < 4.78 is 7.18. The lowest BCUT2D eigenvalue weighted by atomic mass is 9.90. The Morgan fingerprint density at radius 1 is 1.13 bits per heavy atom. The van der Waals surface area contributed by atoms with E-state index in [1.807, 2.05) is 43.6 Å². The summed E-state index contributed by atoms with van der Waals surface area (Å²) in [7, 11) is 0. The van der Waals surface area contributed by atoms with Gasteiger partial charge in [-0.3, -0.25) is 14.4 Å². The first-order valence-electron chi connectivity index (χ1n) is 15.7. The lowest BCUT2D eigenvalue weighted by molar-refractivity contribution is -0.144. The first kappa shape index (κ1) is 32.7. The Labute approximate surface area is 266 Å². The number of carbonyl (C=O) groups is 3. The number of hydrogen-bond acceptors (Lipinski definition) is 9. The number of benzene rings is 1. The second-order valence-corrected chi connectivity index (χ2v) is 12.9. The molecule has 0 bridgehead atoms. The zero-order valence-electron chi connectivity index (χ0n) is 25.8. The molecule has 0 unspecified atom stereocenters. The molecule has 45 heavy (non-hydrogen) atoms. The molecule has 0 aliphatic carbocycles. The van der Waals surface area contributed by atoms with Crippen LogP contribution in [0.4, 0.5) is 0 Å². The summed E-state index contributed by atoms with van der Waals surface area (Å²) in [5, 5.41) is 31.2. The number of thiazole rings is 1. The standard InChI is InChI=1S/C32H42N6O6S/c1-20(22-8-10-24(11-9-22)30-21(2)33-19-45-30)34-31(42)27-16-26(39)18-37(27)32(43)29(23-12-14-44-15-13-23)38-17-25(35-36-38)6-4-3-5-7-28(40)41/h8-11,17,19-20,23,26-27,29,39H,3-7,12-16,18H2,1-2H3,(H,34,42)(H,40,41)/t20-,26-,27+,29+/m0/s1. The van der Waals surface area contributed by atoms with Crippen LogP contribution in [0.25, 0.3) is 10.4 Å². The zero-order valence-corrected chi connectivity index (χ0v) is 26.6. The van der Waals surface area contributed by atoms with Crippen molar-refractivity contribution in [1.82, 2.24) is 30.2 Å². The summed E-state index contributed by atoms with van der Waals surface area (Å²) in [5.41, 5.74) is 5.54. The fourth-order valence-corrected chi connectivity index (χ4v) is 7.07. The third kappa shape index (κ3) is 8.13. The average molecular weight is 639 g/mol. The molecule has 2 saturated heterocycles. The van der Waals surface area contributed by atoms with Crippen molar-refractivity contribution in [2.24, 2.45) is 5.92 Å². The van der Waals surface area contributed by atoms with Crippen LogP contribution in [0.2, 0.25) is 0 Å². The molecule has 2 aromatic heterocycles. The van der Waals surface area contributed by atoms with Crippen molar-refractivity contribution in [3.8, 4) is 10.4 Å². The fraction of sp³-hybridized carbons (Fsp3) is 0.562. The molecular formula is C32H42N6O6S. The minimum absolute atomic E-state index is 0.0579. The zero-order chi connectivity index (χ0) is 31.9. The number of β-amino-alcohol motifs (C(OH)–C–C–N with tert-alkyl or cyclic N) is 1. The SMILES string of the molecule is Cc1ncsc1-c1ccc([C@H](C)NC(=O)[C@H]2C[C@H](O)CN2C(=O)[C@@H](C2CCOCC2)n2cc(CCCCCC(=O)O)nn2)cc1. The van der Waals surface area contributed by atoms with E-state index in [1.165, 1.54) is 4.90 Å². The van der Waals surface area contributed by atoms with Crippen LogP contribution >= 0.6 is 11.3 Å². The molecule has 0 spiro atoms. The Hall–Kier alpha value is -3.68. The Balaban J connectivity index is 1.27. The van der Waals surface area contributed by atoms with Crippen LogP contribution in [0, 0.1) is 12.8 Å². The highest BCUT2D eigenvalue weighted by molar-refractivity contribution is 7.13. The molecule has 242 valence electrons. The maximum absolute atomic E-state index is 14.3. The van der Waals surface area contributed by atoms with Gasteiger partial charge in [0.15, 0.2) is 0 Å². The highest BCUT2D eigenvalue weighted by Crippen LogP contribution is 2.33. The van der Waals surface area contributed by atoms with Gasteiger partial charge in [-0.15, -0.1) is 16.4 Å². The molecule has 2 amide bonds. The second kappa shape index (κ2) is 15.1. The number of carbonyl (C=O) groups excluding carboxylic acids is 2. The fourth-order valence-electron chi connectivity index (χ4n) is 6.26. The minimum Gasteiger partial charge on any atom is -0.481 e. The van der Waals surface area contributed by atoms with Gasteiger partial charge in [0.05, 0.1) is 33.9 Å². The summed E-state index contributed by atoms with van der Waals surface area (Å²) in [6.07, 6.45) is 5.38. The van der Waals surface area contributed by atoms with Crippen LogP contribution in [0.3, 0.4) is 0 Å². The van der Waals surface area contributed by atoms with Gasteiger partial charge in [-0.1, -0.05) is 35.9 Å². The quantitative estimate of drug-likeness (QED) is 0.237. The number of aliphatic hydroxyl groups excluding tert-OH is 1. The second-order valence-electron chi connectivity index (χ2n) is 12.1. The third-order valence-electron chi connectivity index (χ3n) is 8.77. The van der Waals surface area contributed by atoms with Crippen molar-refractivity contribution >= 4 is 29.1 Å². The number of amides is 2. The number of nitrogens with one attached hydrogen (secondary N) is 1. The molecule has 12 nitrogen and oxygen atoms in total.